The predicted molar refractivity (Wildman–Crippen MR) is 81.2 cm³/mol. The average molecular weight is 283 g/mol. The molecular formula is C16H17N3O2. The number of hydrogen-bond acceptors (Lipinski definition) is 3. The maximum Gasteiger partial charge on any atom is 0.274 e. The molecule has 1 aromatic carbocycles. The van der Waals surface area contributed by atoms with Crippen molar-refractivity contribution in [1.29, 1.82) is 0 Å². The van der Waals surface area contributed by atoms with Crippen LogP contribution in [0.1, 0.15) is 25.2 Å². The number of hydrogen-bond donors (Lipinski definition) is 2. The van der Waals surface area contributed by atoms with E-state index in [-0.39, 0.29) is 5.56 Å². The van der Waals surface area contributed by atoms with E-state index >= 15 is 0 Å². The number of aliphatic hydroxyl groups is 1. The standard InChI is InChI=1S/C16H17N3O2/c1-10-17-8-14-15(20)18-13(9-19(10)14)11-4-6-12(7-5-11)16(2,3)21/h4-9,21H,1-3H3,(H,18,20). The highest BCUT2D eigenvalue weighted by molar-refractivity contribution is 5.61. The van der Waals surface area contributed by atoms with Crippen molar-refractivity contribution in [2.45, 2.75) is 26.4 Å². The summed E-state index contributed by atoms with van der Waals surface area (Å²) >= 11 is 0. The van der Waals surface area contributed by atoms with Gasteiger partial charge in [-0.1, -0.05) is 24.3 Å². The first kappa shape index (κ1) is 13.6. The Morgan fingerprint density at radius 2 is 1.90 bits per heavy atom. The minimum Gasteiger partial charge on any atom is -0.386 e. The van der Waals surface area contributed by atoms with Crippen LogP contribution >= 0.6 is 0 Å². The third-order valence-electron chi connectivity index (χ3n) is 3.62. The molecule has 0 saturated heterocycles. The zero-order valence-corrected chi connectivity index (χ0v) is 12.2. The lowest BCUT2D eigenvalue weighted by atomic mass is 9.97. The lowest BCUT2D eigenvalue weighted by molar-refractivity contribution is 0.0786. The van der Waals surface area contributed by atoms with E-state index in [0.29, 0.717) is 5.52 Å². The molecule has 0 saturated carbocycles. The number of imidazole rings is 1. The Morgan fingerprint density at radius 1 is 1.24 bits per heavy atom. The average Bonchev–Trinajstić information content (AvgIpc) is 2.80. The fourth-order valence-electron chi connectivity index (χ4n) is 2.34. The Hall–Kier alpha value is -2.40. The largest absolute Gasteiger partial charge is 0.386 e. The van der Waals surface area contributed by atoms with Gasteiger partial charge in [-0.3, -0.25) is 9.20 Å². The van der Waals surface area contributed by atoms with E-state index in [4.69, 9.17) is 0 Å². The number of aromatic amines is 1. The molecule has 0 atom stereocenters. The topological polar surface area (TPSA) is 70.4 Å². The minimum absolute atomic E-state index is 0.167. The number of H-pyrrole nitrogens is 1. The highest BCUT2D eigenvalue weighted by Crippen LogP contribution is 2.23. The van der Waals surface area contributed by atoms with Gasteiger partial charge in [0.2, 0.25) is 0 Å². The second-order valence-electron chi connectivity index (χ2n) is 5.69. The molecule has 21 heavy (non-hydrogen) atoms. The molecule has 108 valence electrons. The number of fused-ring (bicyclic) bond motifs is 1. The summed E-state index contributed by atoms with van der Waals surface area (Å²) in [6, 6.07) is 7.49. The first-order valence-electron chi connectivity index (χ1n) is 6.76. The van der Waals surface area contributed by atoms with Crippen LogP contribution in [0, 0.1) is 6.92 Å². The number of aromatic nitrogens is 3. The highest BCUT2D eigenvalue weighted by atomic mass is 16.3. The van der Waals surface area contributed by atoms with Gasteiger partial charge in [0.15, 0.2) is 0 Å². The van der Waals surface area contributed by atoms with Crippen LogP contribution in [0.4, 0.5) is 0 Å². The zero-order chi connectivity index (χ0) is 15.2. The van der Waals surface area contributed by atoms with E-state index in [2.05, 4.69) is 9.97 Å². The third kappa shape index (κ3) is 2.36. The molecule has 0 fully saturated rings. The van der Waals surface area contributed by atoms with Crippen LogP contribution in [0.15, 0.2) is 41.5 Å². The van der Waals surface area contributed by atoms with Gasteiger partial charge in [0, 0.05) is 6.20 Å². The minimum atomic E-state index is -0.878. The summed E-state index contributed by atoms with van der Waals surface area (Å²) in [6.07, 6.45) is 3.42. The molecule has 5 heteroatoms. The van der Waals surface area contributed by atoms with Crippen LogP contribution in [0.2, 0.25) is 0 Å². The Bertz CT molecular complexity index is 852. The van der Waals surface area contributed by atoms with E-state index in [0.717, 1.165) is 22.6 Å². The Labute approximate surface area is 121 Å². The van der Waals surface area contributed by atoms with Gasteiger partial charge in [0.1, 0.15) is 11.3 Å². The second kappa shape index (κ2) is 4.56. The number of benzene rings is 1. The van der Waals surface area contributed by atoms with Crippen LogP contribution in [0.25, 0.3) is 16.8 Å². The fourth-order valence-corrected chi connectivity index (χ4v) is 2.34. The first-order chi connectivity index (χ1) is 9.86. The lowest BCUT2D eigenvalue weighted by Gasteiger charge is -2.17. The van der Waals surface area contributed by atoms with Crippen LogP contribution in [-0.2, 0) is 5.60 Å². The van der Waals surface area contributed by atoms with Gasteiger partial charge in [-0.2, -0.15) is 0 Å². The molecule has 0 aliphatic carbocycles. The van der Waals surface area contributed by atoms with Crippen LogP contribution in [0.5, 0.6) is 0 Å². The SMILES string of the molecule is Cc1ncc2c(=O)[nH]c(-c3ccc(C(C)(C)O)cc3)cn12. The molecule has 0 bridgehead atoms. The second-order valence-corrected chi connectivity index (χ2v) is 5.69. The molecule has 0 radical (unpaired) electrons. The summed E-state index contributed by atoms with van der Waals surface area (Å²) in [4.78, 5) is 19.1. The van der Waals surface area contributed by atoms with E-state index in [9.17, 15) is 9.90 Å². The van der Waals surface area contributed by atoms with Crippen molar-refractivity contribution in [3.63, 3.8) is 0 Å². The van der Waals surface area contributed by atoms with Gasteiger partial charge in [-0.15, -0.1) is 0 Å². The number of aryl methyl sites for hydroxylation is 1. The Balaban J connectivity index is 2.12. The molecule has 5 nitrogen and oxygen atoms in total. The van der Waals surface area contributed by atoms with Crippen molar-refractivity contribution in [3.8, 4) is 11.3 Å². The summed E-state index contributed by atoms with van der Waals surface area (Å²) in [5.41, 5.74) is 1.92. The van der Waals surface area contributed by atoms with Gasteiger partial charge in [0.25, 0.3) is 5.56 Å². The first-order valence-corrected chi connectivity index (χ1v) is 6.76. The number of nitrogens with zero attached hydrogens (tertiary/aromatic N) is 2. The van der Waals surface area contributed by atoms with Crippen LogP contribution < -0.4 is 5.56 Å². The molecule has 3 rings (SSSR count). The summed E-state index contributed by atoms with van der Waals surface area (Å²) in [5.74, 6) is 0.769. The monoisotopic (exact) mass is 283 g/mol. The summed E-state index contributed by atoms with van der Waals surface area (Å²) in [7, 11) is 0. The number of nitrogens with one attached hydrogen (secondary N) is 1. The maximum absolute atomic E-state index is 12.1. The van der Waals surface area contributed by atoms with E-state index < -0.39 is 5.60 Å². The van der Waals surface area contributed by atoms with Crippen molar-refractivity contribution in [2.75, 3.05) is 0 Å². The van der Waals surface area contributed by atoms with Gasteiger partial charge in [0.05, 0.1) is 17.5 Å². The molecule has 2 heterocycles. The molecule has 3 aromatic rings. The summed E-state index contributed by atoms with van der Waals surface area (Å²) < 4.78 is 1.78. The van der Waals surface area contributed by atoms with E-state index in [1.165, 1.54) is 0 Å². The molecule has 2 aromatic heterocycles. The third-order valence-corrected chi connectivity index (χ3v) is 3.62. The van der Waals surface area contributed by atoms with E-state index in [1.807, 2.05) is 37.4 Å². The molecule has 0 aliphatic rings. The number of rotatable bonds is 2. The molecule has 0 spiro atoms. The Kier molecular flexibility index (Phi) is 2.95. The van der Waals surface area contributed by atoms with Crippen molar-refractivity contribution >= 4 is 5.52 Å². The predicted octanol–water partition coefficient (Wildman–Crippen LogP) is 2.23. The molecular weight excluding hydrogens is 266 g/mol. The zero-order valence-electron chi connectivity index (χ0n) is 12.2. The maximum atomic E-state index is 12.1. The van der Waals surface area contributed by atoms with Crippen molar-refractivity contribution in [2.24, 2.45) is 0 Å². The molecule has 0 unspecified atom stereocenters. The van der Waals surface area contributed by atoms with Gasteiger partial charge >= 0.3 is 0 Å². The summed E-state index contributed by atoms with van der Waals surface area (Å²) in [5, 5.41) is 9.97. The summed E-state index contributed by atoms with van der Waals surface area (Å²) in [6.45, 7) is 5.34. The Morgan fingerprint density at radius 3 is 2.52 bits per heavy atom. The molecule has 0 aliphatic heterocycles. The van der Waals surface area contributed by atoms with E-state index in [1.54, 1.807) is 24.4 Å². The van der Waals surface area contributed by atoms with Crippen molar-refractivity contribution in [1.82, 2.24) is 14.4 Å². The lowest BCUT2D eigenvalue weighted by Crippen LogP contribution is -2.15. The normalized spacial score (nSPS) is 12.0. The highest BCUT2D eigenvalue weighted by Gasteiger charge is 2.15. The molecule has 0 amide bonds. The fraction of sp³-hybridized carbons (Fsp3) is 0.250. The van der Waals surface area contributed by atoms with Crippen LogP contribution in [-0.4, -0.2) is 19.5 Å². The van der Waals surface area contributed by atoms with Gasteiger partial charge in [-0.25, -0.2) is 4.98 Å². The smallest absolute Gasteiger partial charge is 0.274 e. The van der Waals surface area contributed by atoms with Crippen molar-refractivity contribution in [3.05, 3.63) is 58.4 Å². The van der Waals surface area contributed by atoms with Gasteiger partial charge in [-0.05, 0) is 31.9 Å². The van der Waals surface area contributed by atoms with Crippen LogP contribution in [0.3, 0.4) is 0 Å². The quantitative estimate of drug-likeness (QED) is 0.757. The van der Waals surface area contributed by atoms with Crippen molar-refractivity contribution < 1.29 is 5.11 Å². The van der Waals surface area contributed by atoms with Gasteiger partial charge < -0.3 is 10.1 Å². The molecule has 2 N–H and O–H groups in total.